The Hall–Kier alpha value is -1.14. The van der Waals surface area contributed by atoms with Gasteiger partial charge in [0.2, 0.25) is 5.89 Å². The van der Waals surface area contributed by atoms with E-state index in [0.717, 1.165) is 13.0 Å². The van der Waals surface area contributed by atoms with Crippen molar-refractivity contribution in [3.63, 3.8) is 0 Å². The molecular weight excluding hydrogens is 244 g/mol. The molecule has 0 aromatic carbocycles. The van der Waals surface area contributed by atoms with Gasteiger partial charge in [-0.1, -0.05) is 18.9 Å². The summed E-state index contributed by atoms with van der Waals surface area (Å²) in [5.74, 6) is 1.31. The molecule has 1 unspecified atom stereocenters. The number of nitrogens with zero attached hydrogens (tertiary/aromatic N) is 2. The number of ether oxygens (including phenoxy) is 1. The highest BCUT2D eigenvalue weighted by molar-refractivity contribution is 5.18. The third kappa shape index (κ3) is 7.12. The number of hydrogen-bond acceptors (Lipinski definition) is 6. The molecule has 6 nitrogen and oxygen atoms in total. The number of anilines is 1. The normalized spacial score (nSPS) is 12.9. The van der Waals surface area contributed by atoms with Crippen LogP contribution in [0.15, 0.2) is 4.42 Å². The molecule has 0 fully saturated rings. The molecular formula is C13H26N4O2. The quantitative estimate of drug-likeness (QED) is 0.634. The molecule has 0 radical (unpaired) electrons. The second-order valence-corrected chi connectivity index (χ2v) is 5.19. The zero-order valence-corrected chi connectivity index (χ0v) is 12.4. The minimum Gasteiger partial charge on any atom is -0.407 e. The van der Waals surface area contributed by atoms with Gasteiger partial charge in [0.25, 0.3) is 0 Å². The SMILES string of the molecule is COCCNCc1nnc(NC(C)CCC(C)C)o1. The van der Waals surface area contributed by atoms with E-state index in [1.54, 1.807) is 7.11 Å². The maximum atomic E-state index is 5.50. The van der Waals surface area contributed by atoms with E-state index in [0.29, 0.717) is 37.0 Å². The van der Waals surface area contributed by atoms with Gasteiger partial charge in [0.05, 0.1) is 13.2 Å². The van der Waals surface area contributed by atoms with Crippen LogP contribution in [0.2, 0.25) is 0 Å². The number of aromatic nitrogens is 2. The van der Waals surface area contributed by atoms with Crippen LogP contribution in [-0.4, -0.2) is 36.5 Å². The van der Waals surface area contributed by atoms with Crippen molar-refractivity contribution in [3.05, 3.63) is 5.89 Å². The van der Waals surface area contributed by atoms with Crippen LogP contribution in [0.4, 0.5) is 6.01 Å². The van der Waals surface area contributed by atoms with Crippen molar-refractivity contribution in [1.29, 1.82) is 0 Å². The van der Waals surface area contributed by atoms with Crippen LogP contribution in [-0.2, 0) is 11.3 Å². The van der Waals surface area contributed by atoms with Crippen LogP contribution >= 0.6 is 0 Å². The molecule has 1 atom stereocenters. The third-order valence-electron chi connectivity index (χ3n) is 2.77. The third-order valence-corrected chi connectivity index (χ3v) is 2.77. The molecule has 0 saturated heterocycles. The molecule has 1 aromatic rings. The number of methoxy groups -OCH3 is 1. The average Bonchev–Trinajstić information content (AvgIpc) is 2.80. The molecule has 0 aliphatic carbocycles. The largest absolute Gasteiger partial charge is 0.407 e. The second kappa shape index (κ2) is 8.87. The van der Waals surface area contributed by atoms with Gasteiger partial charge in [-0.2, -0.15) is 0 Å². The van der Waals surface area contributed by atoms with Crippen molar-refractivity contribution in [2.75, 3.05) is 25.6 Å². The van der Waals surface area contributed by atoms with E-state index >= 15 is 0 Å². The smallest absolute Gasteiger partial charge is 0.315 e. The first-order chi connectivity index (χ1) is 9.11. The summed E-state index contributed by atoms with van der Waals surface area (Å²) < 4.78 is 10.4. The van der Waals surface area contributed by atoms with Crippen LogP contribution < -0.4 is 10.6 Å². The molecule has 1 heterocycles. The Morgan fingerprint density at radius 2 is 2.00 bits per heavy atom. The monoisotopic (exact) mass is 270 g/mol. The lowest BCUT2D eigenvalue weighted by Gasteiger charge is -2.12. The Balaban J connectivity index is 2.25. The van der Waals surface area contributed by atoms with Gasteiger partial charge in [-0.15, -0.1) is 5.10 Å². The Bertz CT molecular complexity index is 341. The summed E-state index contributed by atoms with van der Waals surface area (Å²) in [4.78, 5) is 0. The maximum absolute atomic E-state index is 5.50. The van der Waals surface area contributed by atoms with Crippen molar-refractivity contribution in [3.8, 4) is 0 Å². The molecule has 1 rings (SSSR count). The number of hydrogen-bond donors (Lipinski definition) is 2. The summed E-state index contributed by atoms with van der Waals surface area (Å²) in [5, 5.41) is 14.3. The van der Waals surface area contributed by atoms with E-state index in [1.807, 2.05) is 0 Å². The molecule has 0 aliphatic heterocycles. The van der Waals surface area contributed by atoms with Crippen LogP contribution in [0.25, 0.3) is 0 Å². The lowest BCUT2D eigenvalue weighted by atomic mass is 10.0. The molecule has 19 heavy (non-hydrogen) atoms. The van der Waals surface area contributed by atoms with E-state index in [-0.39, 0.29) is 0 Å². The van der Waals surface area contributed by atoms with E-state index in [2.05, 4.69) is 41.6 Å². The Kier molecular flexibility index (Phi) is 7.43. The zero-order valence-electron chi connectivity index (χ0n) is 12.4. The summed E-state index contributed by atoms with van der Waals surface area (Å²) in [6.45, 7) is 8.59. The first-order valence-corrected chi connectivity index (χ1v) is 6.90. The van der Waals surface area contributed by atoms with Gasteiger partial charge in [-0.25, -0.2) is 0 Å². The molecule has 0 spiro atoms. The van der Waals surface area contributed by atoms with E-state index in [9.17, 15) is 0 Å². The first kappa shape index (κ1) is 15.9. The summed E-state index contributed by atoms with van der Waals surface area (Å²) in [7, 11) is 1.68. The number of rotatable bonds is 10. The molecule has 0 amide bonds. The van der Waals surface area contributed by atoms with Crippen molar-refractivity contribution < 1.29 is 9.15 Å². The molecule has 1 aromatic heterocycles. The molecule has 0 aliphatic rings. The predicted molar refractivity (Wildman–Crippen MR) is 75.0 cm³/mol. The summed E-state index contributed by atoms with van der Waals surface area (Å²) in [6.07, 6.45) is 2.29. The summed E-state index contributed by atoms with van der Waals surface area (Å²) in [6, 6.07) is 0.844. The fourth-order valence-corrected chi connectivity index (χ4v) is 1.62. The van der Waals surface area contributed by atoms with E-state index < -0.39 is 0 Å². The van der Waals surface area contributed by atoms with E-state index in [4.69, 9.17) is 9.15 Å². The molecule has 110 valence electrons. The second-order valence-electron chi connectivity index (χ2n) is 5.19. The lowest BCUT2D eigenvalue weighted by molar-refractivity contribution is 0.198. The Labute approximate surface area is 115 Å². The van der Waals surface area contributed by atoms with Crippen LogP contribution in [0.1, 0.15) is 39.5 Å². The Morgan fingerprint density at radius 3 is 2.68 bits per heavy atom. The topological polar surface area (TPSA) is 72.2 Å². The maximum Gasteiger partial charge on any atom is 0.315 e. The van der Waals surface area contributed by atoms with Crippen molar-refractivity contribution in [1.82, 2.24) is 15.5 Å². The highest BCUT2D eigenvalue weighted by Gasteiger charge is 2.09. The molecule has 2 N–H and O–H groups in total. The molecule has 0 saturated carbocycles. The minimum atomic E-state index is 0.345. The van der Waals surface area contributed by atoms with Gasteiger partial charge in [0.1, 0.15) is 0 Å². The predicted octanol–water partition coefficient (Wildman–Crippen LogP) is 2.04. The standard InChI is InChI=1S/C13H26N4O2/c1-10(2)5-6-11(3)15-13-17-16-12(19-13)9-14-7-8-18-4/h10-11,14H,5-9H2,1-4H3,(H,15,17). The van der Waals surface area contributed by atoms with Crippen LogP contribution in [0, 0.1) is 5.92 Å². The van der Waals surface area contributed by atoms with Crippen molar-refractivity contribution >= 4 is 6.01 Å². The zero-order chi connectivity index (χ0) is 14.1. The fraction of sp³-hybridized carbons (Fsp3) is 0.846. The Morgan fingerprint density at radius 1 is 1.21 bits per heavy atom. The van der Waals surface area contributed by atoms with Gasteiger partial charge in [0.15, 0.2) is 0 Å². The molecule has 6 heteroatoms. The fourth-order valence-electron chi connectivity index (χ4n) is 1.62. The average molecular weight is 270 g/mol. The molecule has 0 bridgehead atoms. The van der Waals surface area contributed by atoms with Gasteiger partial charge in [-0.3, -0.25) is 0 Å². The van der Waals surface area contributed by atoms with Crippen LogP contribution in [0.3, 0.4) is 0 Å². The lowest BCUT2D eigenvalue weighted by Crippen LogP contribution is -2.18. The van der Waals surface area contributed by atoms with Gasteiger partial charge in [-0.05, 0) is 25.7 Å². The highest BCUT2D eigenvalue weighted by atomic mass is 16.5. The first-order valence-electron chi connectivity index (χ1n) is 6.90. The van der Waals surface area contributed by atoms with Crippen molar-refractivity contribution in [2.45, 2.75) is 46.2 Å². The van der Waals surface area contributed by atoms with Gasteiger partial charge >= 0.3 is 6.01 Å². The van der Waals surface area contributed by atoms with E-state index in [1.165, 1.54) is 6.42 Å². The number of nitrogens with one attached hydrogen (secondary N) is 2. The summed E-state index contributed by atoms with van der Waals surface area (Å²) in [5.41, 5.74) is 0. The minimum absolute atomic E-state index is 0.345. The summed E-state index contributed by atoms with van der Waals surface area (Å²) >= 11 is 0. The van der Waals surface area contributed by atoms with Crippen molar-refractivity contribution in [2.24, 2.45) is 5.92 Å². The van der Waals surface area contributed by atoms with Gasteiger partial charge < -0.3 is 19.8 Å². The van der Waals surface area contributed by atoms with Crippen LogP contribution in [0.5, 0.6) is 0 Å². The highest BCUT2D eigenvalue weighted by Crippen LogP contribution is 2.12. The van der Waals surface area contributed by atoms with Gasteiger partial charge in [0, 0.05) is 19.7 Å².